The third kappa shape index (κ3) is 60.3. The fraction of sp³-hybridized carbons (Fsp3) is 0.667. The Morgan fingerprint density at radius 1 is 0.462 bits per heavy atom. The van der Waals surface area contributed by atoms with Crippen LogP contribution in [0.4, 0.5) is 0 Å². The molecule has 0 aliphatic heterocycles. The molecule has 9 heteroatoms. The van der Waals surface area contributed by atoms with Gasteiger partial charge in [0.05, 0.1) is 39.9 Å². The Morgan fingerprint density at radius 2 is 0.795 bits per heavy atom. The van der Waals surface area contributed by atoms with Crippen molar-refractivity contribution >= 4 is 13.7 Å². The third-order valence-corrected chi connectivity index (χ3v) is 14.3. The van der Waals surface area contributed by atoms with Gasteiger partial charge in [0.1, 0.15) is 13.2 Å². The number of carbonyl (C=O) groups excluding carboxylic acids is 1. The summed E-state index contributed by atoms with van der Waals surface area (Å²) < 4.78 is 23.4. The van der Waals surface area contributed by atoms with Crippen LogP contribution < -0.4 is 10.2 Å². The molecule has 8 nitrogen and oxygen atoms in total. The molecule has 0 aromatic rings. The number of carbonyl (C=O) groups is 1. The first kappa shape index (κ1) is 74.6. The molecule has 3 unspecified atom stereocenters. The van der Waals surface area contributed by atoms with E-state index in [1.54, 1.807) is 6.08 Å². The number of nitrogens with one attached hydrogen (secondary N) is 1. The number of aliphatic hydroxyl groups excluding tert-OH is 1. The van der Waals surface area contributed by atoms with Crippen LogP contribution in [0, 0.1) is 0 Å². The van der Waals surface area contributed by atoms with Crippen molar-refractivity contribution in [3.05, 3.63) is 134 Å². The predicted octanol–water partition coefficient (Wildman–Crippen LogP) is 19.2. The van der Waals surface area contributed by atoms with Gasteiger partial charge in [0.15, 0.2) is 0 Å². The van der Waals surface area contributed by atoms with Crippen molar-refractivity contribution < 1.29 is 32.9 Å². The minimum atomic E-state index is -4.62. The smallest absolute Gasteiger partial charge is 0.268 e. The summed E-state index contributed by atoms with van der Waals surface area (Å²) in [6, 6.07) is -0.917. The van der Waals surface area contributed by atoms with Crippen LogP contribution in [-0.2, 0) is 18.4 Å². The van der Waals surface area contributed by atoms with Gasteiger partial charge >= 0.3 is 0 Å². The molecule has 1 amide bonds. The first-order valence-electron chi connectivity index (χ1n) is 31.5. The second-order valence-electron chi connectivity index (χ2n) is 22.0. The van der Waals surface area contributed by atoms with Crippen molar-refractivity contribution in [3.63, 3.8) is 0 Å². The van der Waals surface area contributed by atoms with Crippen molar-refractivity contribution in [3.8, 4) is 0 Å². The zero-order valence-corrected chi connectivity index (χ0v) is 51.7. The van der Waals surface area contributed by atoms with E-state index in [1.807, 2.05) is 27.2 Å². The van der Waals surface area contributed by atoms with Gasteiger partial charge in [-0.05, 0) is 103 Å². The van der Waals surface area contributed by atoms with Gasteiger partial charge in [-0.25, -0.2) is 0 Å². The largest absolute Gasteiger partial charge is 0.756 e. The highest BCUT2D eigenvalue weighted by Gasteiger charge is 2.23. The van der Waals surface area contributed by atoms with E-state index in [1.165, 1.54) is 116 Å². The fourth-order valence-electron chi connectivity index (χ4n) is 8.46. The van der Waals surface area contributed by atoms with Gasteiger partial charge in [-0.15, -0.1) is 0 Å². The summed E-state index contributed by atoms with van der Waals surface area (Å²) in [6.07, 6.45) is 88.3. The first-order chi connectivity index (χ1) is 38.0. The molecule has 0 fully saturated rings. The zero-order chi connectivity index (χ0) is 57.0. The summed E-state index contributed by atoms with van der Waals surface area (Å²) in [4.78, 5) is 25.5. The van der Waals surface area contributed by atoms with Gasteiger partial charge in [-0.2, -0.15) is 0 Å². The second kappa shape index (κ2) is 58.3. The Bertz CT molecular complexity index is 1730. The maximum atomic E-state index is 13.0. The summed E-state index contributed by atoms with van der Waals surface area (Å²) in [5, 5.41) is 13.9. The Morgan fingerprint density at radius 3 is 1.19 bits per heavy atom. The van der Waals surface area contributed by atoms with E-state index >= 15 is 0 Å². The molecule has 0 aliphatic rings. The molecule has 0 spiro atoms. The van der Waals surface area contributed by atoms with E-state index in [9.17, 15) is 19.4 Å². The minimum Gasteiger partial charge on any atom is -0.756 e. The van der Waals surface area contributed by atoms with Crippen molar-refractivity contribution in [2.24, 2.45) is 0 Å². The minimum absolute atomic E-state index is 0.0138. The van der Waals surface area contributed by atoms with Crippen LogP contribution in [0.25, 0.3) is 0 Å². The molecular weight excluding hydrogens is 984 g/mol. The first-order valence-corrected chi connectivity index (χ1v) is 33.0. The highest BCUT2D eigenvalue weighted by molar-refractivity contribution is 7.45. The summed E-state index contributed by atoms with van der Waals surface area (Å²) >= 11 is 0. The molecule has 446 valence electrons. The molecular formula is C69H119N2O6P. The zero-order valence-electron chi connectivity index (χ0n) is 50.8. The molecule has 0 bridgehead atoms. The highest BCUT2D eigenvalue weighted by Crippen LogP contribution is 2.38. The summed E-state index contributed by atoms with van der Waals surface area (Å²) in [6.45, 7) is 4.51. The number of allylic oxidation sites excluding steroid dienone is 21. The standard InChI is InChI=1S/C69H119N2O6P/c1-6-8-10-12-14-16-18-20-22-24-26-27-28-29-30-31-32-33-34-35-36-37-38-39-40-41-42-43-45-47-49-51-53-55-57-59-61-63-69(73)70-67(66-77-78(74,75)76-65-64-71(3,4)5)68(72)62-60-58-56-54-52-50-48-46-44-25-23-21-19-17-15-13-11-9-7-2/h8,10,14,16,20,22,26-27,29-30,32-33,35-36,38-39,41-42,52,54,60,62,67-68,72H,6-7,9,11-13,15,17-19,21,23-25,28,31,34,37,40,43-51,53,55-59,61,63-66H2,1-5H3,(H-,70,73,74,75)/b10-8-,16-14-,22-20-,27-26-,30-29-,33-32-,36-35-,39-38-,42-41-,54-52+,62-60+. The fourth-order valence-corrected chi connectivity index (χ4v) is 9.18. The van der Waals surface area contributed by atoms with Gasteiger partial charge in [0.25, 0.3) is 7.82 Å². The second-order valence-corrected chi connectivity index (χ2v) is 23.4. The maximum absolute atomic E-state index is 13.0. The van der Waals surface area contributed by atoms with Crippen molar-refractivity contribution in [2.45, 2.75) is 257 Å². The van der Waals surface area contributed by atoms with Crippen LogP contribution in [0.1, 0.15) is 245 Å². The number of aliphatic hydroxyl groups is 1. The van der Waals surface area contributed by atoms with E-state index in [0.717, 1.165) is 109 Å². The molecule has 78 heavy (non-hydrogen) atoms. The van der Waals surface area contributed by atoms with E-state index in [2.05, 4.69) is 141 Å². The summed E-state index contributed by atoms with van der Waals surface area (Å²) in [7, 11) is 1.22. The molecule has 0 rings (SSSR count). The van der Waals surface area contributed by atoms with Crippen LogP contribution in [0.2, 0.25) is 0 Å². The number of unbranched alkanes of at least 4 members (excludes halogenated alkanes) is 23. The summed E-state index contributed by atoms with van der Waals surface area (Å²) in [5.41, 5.74) is 0. The SMILES string of the molecule is CC/C=C\C/C=C\C/C=C\C/C=C\C/C=C\C/C=C\C/C=C\C/C=C\C/C=C\CCCCCCCCCCCC(=O)NC(COP(=O)([O-])OCC[N+](C)(C)C)C(O)/C=C/CC/C=C/CCCCCCCCCCCCCCC. The lowest BCUT2D eigenvalue weighted by atomic mass is 10.0. The number of likely N-dealkylation sites (N-methyl/N-ethyl adjacent to an activating group) is 1. The van der Waals surface area contributed by atoms with Crippen molar-refractivity contribution in [2.75, 3.05) is 40.9 Å². The van der Waals surface area contributed by atoms with Gasteiger partial charge in [0.2, 0.25) is 5.91 Å². The van der Waals surface area contributed by atoms with Gasteiger partial charge in [0, 0.05) is 6.42 Å². The average Bonchev–Trinajstić information content (AvgIpc) is 3.41. The molecule has 2 N–H and O–H groups in total. The van der Waals surface area contributed by atoms with E-state index in [4.69, 9.17) is 9.05 Å². The number of nitrogens with zero attached hydrogens (tertiary/aromatic N) is 1. The molecule has 0 heterocycles. The Kier molecular flexibility index (Phi) is 55.8. The van der Waals surface area contributed by atoms with E-state index in [-0.39, 0.29) is 12.5 Å². The summed E-state index contributed by atoms with van der Waals surface area (Å²) in [5.74, 6) is -0.218. The number of rotatable bonds is 56. The number of hydrogen-bond donors (Lipinski definition) is 2. The van der Waals surface area contributed by atoms with Crippen molar-refractivity contribution in [1.29, 1.82) is 0 Å². The third-order valence-electron chi connectivity index (χ3n) is 13.3. The maximum Gasteiger partial charge on any atom is 0.268 e. The quantitative estimate of drug-likeness (QED) is 0.0272. The monoisotopic (exact) mass is 1100 g/mol. The van der Waals surface area contributed by atoms with Crippen LogP contribution in [-0.4, -0.2) is 68.5 Å². The van der Waals surface area contributed by atoms with Crippen LogP contribution in [0.5, 0.6) is 0 Å². The molecule has 0 aliphatic carbocycles. The Balaban J connectivity index is 4.20. The number of quaternary nitrogens is 1. The molecule has 0 aromatic heterocycles. The van der Waals surface area contributed by atoms with E-state index < -0.39 is 26.6 Å². The van der Waals surface area contributed by atoms with Gasteiger partial charge in [-0.1, -0.05) is 270 Å². The van der Waals surface area contributed by atoms with Gasteiger partial charge in [-0.3, -0.25) is 9.36 Å². The predicted molar refractivity (Wildman–Crippen MR) is 338 cm³/mol. The number of phosphoric acid groups is 1. The Labute approximate surface area is 481 Å². The number of phosphoric ester groups is 1. The average molecular weight is 1100 g/mol. The van der Waals surface area contributed by atoms with Crippen molar-refractivity contribution in [1.82, 2.24) is 5.32 Å². The van der Waals surface area contributed by atoms with E-state index in [0.29, 0.717) is 17.4 Å². The number of amides is 1. The molecule has 0 saturated heterocycles. The Hall–Kier alpha value is -3.36. The van der Waals surface area contributed by atoms with Crippen LogP contribution in [0.15, 0.2) is 134 Å². The molecule has 0 saturated carbocycles. The molecule has 0 aromatic carbocycles. The number of hydrogen-bond acceptors (Lipinski definition) is 6. The van der Waals surface area contributed by atoms with Gasteiger partial charge < -0.3 is 28.8 Å². The topological polar surface area (TPSA) is 108 Å². The lowest BCUT2D eigenvalue weighted by Crippen LogP contribution is -2.45. The molecule has 3 atom stereocenters. The lowest BCUT2D eigenvalue weighted by Gasteiger charge is -2.29. The normalized spacial score (nSPS) is 14.7. The highest BCUT2D eigenvalue weighted by atomic mass is 31.2. The lowest BCUT2D eigenvalue weighted by molar-refractivity contribution is -0.870. The van der Waals surface area contributed by atoms with Crippen LogP contribution >= 0.6 is 7.82 Å². The molecule has 0 radical (unpaired) electrons. The van der Waals surface area contributed by atoms with Crippen LogP contribution in [0.3, 0.4) is 0 Å².